The predicted molar refractivity (Wildman–Crippen MR) is 113 cm³/mol. The molecule has 3 aliphatic rings. The van der Waals surface area contributed by atoms with Crippen LogP contribution in [-0.2, 0) is 0 Å². The molecule has 5 nitrogen and oxygen atoms in total. The van der Waals surface area contributed by atoms with E-state index in [2.05, 4.69) is 85.7 Å². The molecule has 0 aromatic heterocycles. The molecule has 136 valence electrons. The smallest absolute Gasteiger partial charge is 0.161 e. The summed E-state index contributed by atoms with van der Waals surface area (Å²) < 4.78 is 0. The van der Waals surface area contributed by atoms with E-state index in [0.717, 1.165) is 16.6 Å². The lowest BCUT2D eigenvalue weighted by Gasteiger charge is -2.31. The van der Waals surface area contributed by atoms with Crippen LogP contribution in [0, 0.1) is 0 Å². The summed E-state index contributed by atoms with van der Waals surface area (Å²) in [5.41, 5.74) is 4.72. The Morgan fingerprint density at radius 1 is 1.15 bits per heavy atom. The maximum Gasteiger partial charge on any atom is 0.161 e. The highest BCUT2D eigenvalue weighted by Crippen LogP contribution is 2.32. The van der Waals surface area contributed by atoms with Crippen molar-refractivity contribution in [1.82, 2.24) is 4.90 Å². The Balaban J connectivity index is 1.46. The van der Waals surface area contributed by atoms with Crippen LogP contribution in [0.5, 0.6) is 0 Å². The van der Waals surface area contributed by atoms with E-state index in [4.69, 9.17) is 9.98 Å². The molecule has 0 radical (unpaired) electrons. The van der Waals surface area contributed by atoms with Crippen molar-refractivity contribution in [3.8, 4) is 0 Å². The molecule has 6 heteroatoms. The third kappa shape index (κ3) is 3.26. The number of hydrogen-bond donors (Lipinski definition) is 1. The Bertz CT molecular complexity index is 806. The molecular weight excluding hydrogens is 342 g/mol. The summed E-state index contributed by atoms with van der Waals surface area (Å²) in [6.07, 6.45) is 6.70. The van der Waals surface area contributed by atoms with Crippen LogP contribution in [0.15, 0.2) is 58.2 Å². The molecule has 0 aliphatic carbocycles. The Labute approximate surface area is 159 Å². The van der Waals surface area contributed by atoms with Gasteiger partial charge in [-0.25, -0.2) is 0 Å². The molecule has 0 bridgehead atoms. The van der Waals surface area contributed by atoms with E-state index < -0.39 is 0 Å². The third-order valence-corrected chi connectivity index (χ3v) is 5.97. The van der Waals surface area contributed by atoms with E-state index >= 15 is 0 Å². The molecule has 3 unspecified atom stereocenters. The average molecular weight is 368 g/mol. The van der Waals surface area contributed by atoms with Crippen molar-refractivity contribution in [2.24, 2.45) is 9.98 Å². The lowest BCUT2D eigenvalue weighted by Crippen LogP contribution is -2.43. The number of nitrogens with zero attached hydrogens (tertiary/aromatic N) is 4. The summed E-state index contributed by atoms with van der Waals surface area (Å²) >= 11 is 1.79. The van der Waals surface area contributed by atoms with E-state index in [9.17, 15) is 0 Å². The number of fused-ring (bicyclic) bond motifs is 1. The maximum atomic E-state index is 4.96. The van der Waals surface area contributed by atoms with Gasteiger partial charge in [0.25, 0.3) is 0 Å². The van der Waals surface area contributed by atoms with Gasteiger partial charge in [0, 0.05) is 43.1 Å². The normalized spacial score (nSPS) is 27.0. The van der Waals surface area contributed by atoms with Crippen molar-refractivity contribution < 1.29 is 0 Å². The molecule has 1 aromatic carbocycles. The minimum Gasteiger partial charge on any atom is -0.378 e. The number of thioether (sulfide) groups is 1. The van der Waals surface area contributed by atoms with Crippen molar-refractivity contribution in [3.63, 3.8) is 0 Å². The number of allylic oxidation sites excluding steroid dienone is 2. The highest BCUT2D eigenvalue weighted by molar-refractivity contribution is 8.14. The van der Waals surface area contributed by atoms with Crippen LogP contribution in [0.3, 0.4) is 0 Å². The summed E-state index contributed by atoms with van der Waals surface area (Å²) in [5, 5.41) is 4.46. The average Bonchev–Trinajstić information content (AvgIpc) is 3.18. The molecule has 3 atom stereocenters. The number of rotatable bonds is 3. The fourth-order valence-electron chi connectivity index (χ4n) is 3.59. The maximum absolute atomic E-state index is 4.96. The largest absolute Gasteiger partial charge is 0.378 e. The summed E-state index contributed by atoms with van der Waals surface area (Å²) in [7, 11) is 4.10. The zero-order chi connectivity index (χ0) is 18.3. The molecule has 26 heavy (non-hydrogen) atoms. The van der Waals surface area contributed by atoms with Crippen molar-refractivity contribution in [3.05, 3.63) is 48.2 Å². The zero-order valence-corrected chi connectivity index (χ0v) is 16.5. The highest BCUT2D eigenvalue weighted by Gasteiger charge is 2.39. The van der Waals surface area contributed by atoms with Crippen LogP contribution < -0.4 is 10.2 Å². The van der Waals surface area contributed by atoms with Crippen molar-refractivity contribution in [2.45, 2.75) is 32.1 Å². The van der Waals surface area contributed by atoms with E-state index in [1.54, 1.807) is 11.8 Å². The van der Waals surface area contributed by atoms with E-state index in [0.29, 0.717) is 0 Å². The summed E-state index contributed by atoms with van der Waals surface area (Å²) in [6, 6.07) is 8.92. The molecule has 1 aromatic rings. The first-order valence-corrected chi connectivity index (χ1v) is 9.93. The number of aliphatic imine (C=N–C) groups is 2. The molecule has 4 rings (SSSR count). The van der Waals surface area contributed by atoms with Gasteiger partial charge in [0.2, 0.25) is 0 Å². The predicted octanol–water partition coefficient (Wildman–Crippen LogP) is 3.58. The standard InChI is InChI=1S/C20H25N5S/c1-13-9-10-25-18(11-13)21-14(2)19(25)17-12-26-20(23-17)22-15-5-7-16(8-6-15)24(3)4/h5-11,17-19H,12H2,1-4H3,(H,22,23). The minimum atomic E-state index is 0.140. The highest BCUT2D eigenvalue weighted by atomic mass is 32.2. The number of nitrogens with one attached hydrogen (secondary N) is 1. The topological polar surface area (TPSA) is 43.2 Å². The number of hydrogen-bond acceptors (Lipinski definition) is 6. The van der Waals surface area contributed by atoms with Gasteiger partial charge in [-0.05, 0) is 55.8 Å². The van der Waals surface area contributed by atoms with Gasteiger partial charge in [-0.15, -0.1) is 0 Å². The van der Waals surface area contributed by atoms with E-state index in [-0.39, 0.29) is 18.2 Å². The lowest BCUT2D eigenvalue weighted by molar-refractivity contribution is 0.294. The summed E-state index contributed by atoms with van der Waals surface area (Å²) in [6.45, 7) is 4.25. The van der Waals surface area contributed by atoms with Crippen LogP contribution >= 0.6 is 11.8 Å². The SMILES string of the molecule is CC1=CC2N=C(C)C(C3CSC(Nc4ccc(N(C)C)cc4)=N3)N2C=C1. The number of benzene rings is 1. The fraction of sp³-hybridized carbons (Fsp3) is 0.400. The number of anilines is 2. The number of amidine groups is 1. The van der Waals surface area contributed by atoms with Crippen LogP contribution in [0.25, 0.3) is 0 Å². The van der Waals surface area contributed by atoms with Crippen LogP contribution in [0.1, 0.15) is 13.8 Å². The fourth-order valence-corrected chi connectivity index (χ4v) is 4.58. The van der Waals surface area contributed by atoms with Gasteiger partial charge in [0.1, 0.15) is 6.17 Å². The summed E-state index contributed by atoms with van der Waals surface area (Å²) in [4.78, 5) is 14.2. The molecule has 0 saturated heterocycles. The van der Waals surface area contributed by atoms with Gasteiger partial charge in [-0.2, -0.15) is 0 Å². The molecule has 3 heterocycles. The third-order valence-electron chi connectivity index (χ3n) is 4.99. The Morgan fingerprint density at radius 2 is 1.92 bits per heavy atom. The van der Waals surface area contributed by atoms with Crippen molar-refractivity contribution in [1.29, 1.82) is 0 Å². The van der Waals surface area contributed by atoms with Crippen LogP contribution in [0.2, 0.25) is 0 Å². The summed E-state index contributed by atoms with van der Waals surface area (Å²) in [5.74, 6) is 0.982. The Hall–Kier alpha value is -2.21. The molecule has 0 fully saturated rings. The molecule has 1 N–H and O–H groups in total. The van der Waals surface area contributed by atoms with E-state index in [1.165, 1.54) is 17.0 Å². The second-order valence-electron chi connectivity index (χ2n) is 7.18. The molecule has 0 saturated carbocycles. The van der Waals surface area contributed by atoms with Gasteiger partial charge in [-0.3, -0.25) is 9.98 Å². The van der Waals surface area contributed by atoms with Gasteiger partial charge in [0.05, 0.1) is 12.1 Å². The van der Waals surface area contributed by atoms with Gasteiger partial charge < -0.3 is 15.1 Å². The first-order valence-electron chi connectivity index (χ1n) is 8.94. The molecule has 0 amide bonds. The second-order valence-corrected chi connectivity index (χ2v) is 8.19. The van der Waals surface area contributed by atoms with Gasteiger partial charge in [-0.1, -0.05) is 11.8 Å². The van der Waals surface area contributed by atoms with Crippen LogP contribution in [0.4, 0.5) is 11.4 Å². The molecule has 0 spiro atoms. The zero-order valence-electron chi connectivity index (χ0n) is 15.7. The quantitative estimate of drug-likeness (QED) is 0.887. The molecular formula is C20H25N5S. The first kappa shape index (κ1) is 17.2. The minimum absolute atomic E-state index is 0.140. The van der Waals surface area contributed by atoms with Crippen LogP contribution in [-0.4, -0.2) is 53.9 Å². The molecule has 3 aliphatic heterocycles. The van der Waals surface area contributed by atoms with Gasteiger partial charge in [0.15, 0.2) is 5.17 Å². The Morgan fingerprint density at radius 3 is 2.65 bits per heavy atom. The van der Waals surface area contributed by atoms with Crippen molar-refractivity contribution >= 4 is 34.0 Å². The monoisotopic (exact) mass is 367 g/mol. The van der Waals surface area contributed by atoms with E-state index in [1.807, 2.05) is 0 Å². The first-order chi connectivity index (χ1) is 12.5. The second kappa shape index (κ2) is 6.83. The lowest BCUT2D eigenvalue weighted by atomic mass is 10.0. The van der Waals surface area contributed by atoms with Gasteiger partial charge >= 0.3 is 0 Å². The van der Waals surface area contributed by atoms with Crippen molar-refractivity contribution in [2.75, 3.05) is 30.1 Å². The Kier molecular flexibility index (Phi) is 4.53.